The van der Waals surface area contributed by atoms with E-state index in [1.807, 2.05) is 35.7 Å². The molecule has 0 spiro atoms. The number of hydrogen-bond acceptors (Lipinski definition) is 4. The van der Waals surface area contributed by atoms with Gasteiger partial charge < -0.3 is 5.32 Å². The normalized spacial score (nSPS) is 18.7. The Hall–Kier alpha value is -2.18. The summed E-state index contributed by atoms with van der Waals surface area (Å²) in [5.74, 6) is -0.0231. The molecular weight excluding hydrogens is 344 g/mol. The van der Waals surface area contributed by atoms with Gasteiger partial charge in [-0.2, -0.15) is 5.10 Å². The van der Waals surface area contributed by atoms with Gasteiger partial charge in [-0.05, 0) is 50.6 Å². The van der Waals surface area contributed by atoms with Gasteiger partial charge in [0.15, 0.2) is 0 Å². The average molecular weight is 369 g/mol. The van der Waals surface area contributed by atoms with Gasteiger partial charge in [-0.3, -0.25) is 9.69 Å². The number of carbonyl (C=O) groups is 1. The molecule has 4 rings (SSSR count). The van der Waals surface area contributed by atoms with Crippen molar-refractivity contribution in [2.45, 2.75) is 38.8 Å². The van der Waals surface area contributed by atoms with Crippen molar-refractivity contribution in [2.75, 3.05) is 13.1 Å². The number of nitrogens with zero attached hydrogens (tertiary/aromatic N) is 3. The topological polar surface area (TPSA) is 49.6 Å². The third-order valence-corrected chi connectivity index (χ3v) is 5.92. The Morgan fingerprint density at radius 1 is 1.31 bits per heavy atom. The van der Waals surface area contributed by atoms with E-state index in [1.165, 1.54) is 16.2 Å². The van der Waals surface area contributed by atoms with E-state index in [2.05, 4.69) is 34.4 Å². The number of rotatable bonds is 4. The summed E-state index contributed by atoms with van der Waals surface area (Å²) in [5.41, 5.74) is 1.50. The molecule has 0 unspecified atom stereocenters. The summed E-state index contributed by atoms with van der Waals surface area (Å²) >= 11 is 1.86. The van der Waals surface area contributed by atoms with Crippen molar-refractivity contribution < 1.29 is 4.79 Å². The van der Waals surface area contributed by atoms with Gasteiger partial charge in [0.25, 0.3) is 5.91 Å². The largest absolute Gasteiger partial charge is 0.348 e. The van der Waals surface area contributed by atoms with Gasteiger partial charge in [-0.25, -0.2) is 4.52 Å². The molecule has 1 atom stereocenters. The Labute approximate surface area is 157 Å². The minimum absolute atomic E-state index is 0.0231. The maximum Gasteiger partial charge on any atom is 0.255 e. The lowest BCUT2D eigenvalue weighted by molar-refractivity contribution is 0.0927. The van der Waals surface area contributed by atoms with Crippen LogP contribution in [-0.4, -0.2) is 39.6 Å². The zero-order valence-electron chi connectivity index (χ0n) is 15.0. The molecule has 0 aliphatic carbocycles. The van der Waals surface area contributed by atoms with Gasteiger partial charge in [0, 0.05) is 35.1 Å². The Kier molecular flexibility index (Phi) is 5.04. The highest BCUT2D eigenvalue weighted by Crippen LogP contribution is 2.20. The van der Waals surface area contributed by atoms with Crippen LogP contribution in [0.4, 0.5) is 0 Å². The van der Waals surface area contributed by atoms with Crippen molar-refractivity contribution >= 4 is 22.8 Å². The molecule has 0 saturated carbocycles. The molecule has 1 N–H and O–H groups in total. The molecule has 1 fully saturated rings. The summed E-state index contributed by atoms with van der Waals surface area (Å²) < 4.78 is 1.74. The number of nitrogens with one attached hydrogen (secondary N) is 1. The molecule has 1 aliphatic rings. The molecule has 1 aliphatic heterocycles. The summed E-state index contributed by atoms with van der Waals surface area (Å²) in [4.78, 5) is 18.0. The van der Waals surface area contributed by atoms with Crippen LogP contribution < -0.4 is 5.32 Å². The predicted molar refractivity (Wildman–Crippen MR) is 105 cm³/mol. The van der Waals surface area contributed by atoms with E-state index in [9.17, 15) is 4.79 Å². The van der Waals surface area contributed by atoms with Gasteiger partial charge in [0.05, 0.1) is 17.3 Å². The number of thiophene rings is 1. The fraction of sp³-hybridized carbons (Fsp3) is 0.400. The number of fused-ring (bicyclic) bond motifs is 1. The van der Waals surface area contributed by atoms with Gasteiger partial charge in [0.2, 0.25) is 0 Å². The van der Waals surface area contributed by atoms with Gasteiger partial charge in [0.1, 0.15) is 0 Å². The van der Waals surface area contributed by atoms with Crippen molar-refractivity contribution in [1.82, 2.24) is 19.8 Å². The molecule has 0 bridgehead atoms. The lowest BCUT2D eigenvalue weighted by Crippen LogP contribution is -2.42. The standard InChI is InChI=1S/C20H24N4OS/c1-15-8-9-17(26-15)14-23-10-4-2-6-16(13-23)22-20(25)18-12-21-24-11-5-3-7-19(18)24/h3,5,7-9,11-12,16H,2,4,6,10,13-14H2,1H3,(H,22,25)/t16-/m1/s1. The lowest BCUT2D eigenvalue weighted by atomic mass is 10.1. The van der Waals surface area contributed by atoms with Crippen molar-refractivity contribution in [3.05, 3.63) is 58.0 Å². The molecule has 1 amide bonds. The van der Waals surface area contributed by atoms with Crippen molar-refractivity contribution in [3.8, 4) is 0 Å². The Balaban J connectivity index is 1.43. The van der Waals surface area contributed by atoms with Gasteiger partial charge >= 0.3 is 0 Å². The van der Waals surface area contributed by atoms with Gasteiger partial charge in [-0.1, -0.05) is 12.5 Å². The van der Waals surface area contributed by atoms with E-state index in [0.717, 1.165) is 38.0 Å². The molecule has 136 valence electrons. The first-order valence-electron chi connectivity index (χ1n) is 9.20. The maximum atomic E-state index is 12.8. The van der Waals surface area contributed by atoms with Gasteiger partial charge in [-0.15, -0.1) is 11.3 Å². The minimum atomic E-state index is -0.0231. The molecule has 3 aromatic heterocycles. The predicted octanol–water partition coefficient (Wildman–Crippen LogP) is 3.49. The summed E-state index contributed by atoms with van der Waals surface area (Å²) in [5, 5.41) is 7.52. The second-order valence-electron chi connectivity index (χ2n) is 7.00. The van der Waals surface area contributed by atoms with E-state index in [4.69, 9.17) is 0 Å². The Bertz CT molecular complexity index is 900. The summed E-state index contributed by atoms with van der Waals surface area (Å²) in [6, 6.07) is 10.4. The molecule has 1 saturated heterocycles. The van der Waals surface area contributed by atoms with Crippen LogP contribution in [0.2, 0.25) is 0 Å². The van der Waals surface area contributed by atoms with E-state index in [1.54, 1.807) is 10.7 Å². The van der Waals surface area contributed by atoms with E-state index >= 15 is 0 Å². The summed E-state index contributed by atoms with van der Waals surface area (Å²) in [7, 11) is 0. The highest BCUT2D eigenvalue weighted by atomic mass is 32.1. The van der Waals surface area contributed by atoms with E-state index in [0.29, 0.717) is 5.56 Å². The van der Waals surface area contributed by atoms with Crippen LogP contribution in [-0.2, 0) is 6.54 Å². The summed E-state index contributed by atoms with van der Waals surface area (Å²) in [6.45, 7) is 5.12. The van der Waals surface area contributed by atoms with E-state index in [-0.39, 0.29) is 11.9 Å². The van der Waals surface area contributed by atoms with Crippen LogP contribution in [0.15, 0.2) is 42.7 Å². The fourth-order valence-corrected chi connectivity index (χ4v) is 4.58. The number of aromatic nitrogens is 2. The second-order valence-corrected chi connectivity index (χ2v) is 8.37. The van der Waals surface area contributed by atoms with Crippen LogP contribution in [0, 0.1) is 6.92 Å². The first-order chi connectivity index (χ1) is 12.7. The first kappa shape index (κ1) is 17.2. The molecule has 6 heteroatoms. The quantitative estimate of drug-likeness (QED) is 0.767. The lowest BCUT2D eigenvalue weighted by Gasteiger charge is -2.24. The van der Waals surface area contributed by atoms with Crippen LogP contribution in [0.1, 0.15) is 39.4 Å². The average Bonchev–Trinajstić information content (AvgIpc) is 3.17. The number of carbonyl (C=O) groups excluding carboxylic acids is 1. The van der Waals surface area contributed by atoms with Crippen LogP contribution in [0.3, 0.4) is 0 Å². The zero-order valence-corrected chi connectivity index (χ0v) is 15.8. The van der Waals surface area contributed by atoms with Crippen LogP contribution in [0.5, 0.6) is 0 Å². The van der Waals surface area contributed by atoms with E-state index < -0.39 is 0 Å². The third kappa shape index (κ3) is 3.81. The Morgan fingerprint density at radius 2 is 2.23 bits per heavy atom. The smallest absolute Gasteiger partial charge is 0.255 e. The van der Waals surface area contributed by atoms with Crippen molar-refractivity contribution in [1.29, 1.82) is 0 Å². The molecule has 26 heavy (non-hydrogen) atoms. The SMILES string of the molecule is Cc1ccc(CN2CCCC[C@@H](NC(=O)c3cnn4ccccc34)C2)s1. The second kappa shape index (κ2) is 7.60. The molecule has 0 radical (unpaired) electrons. The third-order valence-electron chi connectivity index (χ3n) is 4.94. The Morgan fingerprint density at radius 3 is 3.08 bits per heavy atom. The maximum absolute atomic E-state index is 12.8. The zero-order chi connectivity index (χ0) is 17.9. The summed E-state index contributed by atoms with van der Waals surface area (Å²) in [6.07, 6.45) is 6.90. The molecule has 0 aromatic carbocycles. The minimum Gasteiger partial charge on any atom is -0.348 e. The van der Waals surface area contributed by atoms with Crippen LogP contribution >= 0.6 is 11.3 Å². The monoisotopic (exact) mass is 368 g/mol. The molecule has 5 nitrogen and oxygen atoms in total. The number of amides is 1. The first-order valence-corrected chi connectivity index (χ1v) is 10.0. The highest BCUT2D eigenvalue weighted by Gasteiger charge is 2.22. The number of likely N-dealkylation sites (tertiary alicyclic amines) is 1. The number of hydrogen-bond donors (Lipinski definition) is 1. The van der Waals surface area contributed by atoms with Crippen LogP contribution in [0.25, 0.3) is 5.52 Å². The number of pyridine rings is 1. The molecule has 3 aromatic rings. The molecule has 4 heterocycles. The van der Waals surface area contributed by atoms with Crippen molar-refractivity contribution in [3.63, 3.8) is 0 Å². The van der Waals surface area contributed by atoms with Crippen molar-refractivity contribution in [2.24, 2.45) is 0 Å². The highest BCUT2D eigenvalue weighted by molar-refractivity contribution is 7.11. The molecular formula is C20H24N4OS. The number of aryl methyl sites for hydroxylation is 1. The fourth-order valence-electron chi connectivity index (χ4n) is 3.64.